The molecule has 0 bridgehead atoms. The number of nitrogens with zero attached hydrogens (tertiary/aromatic N) is 1. The predicted octanol–water partition coefficient (Wildman–Crippen LogP) is 7.59. The van der Waals surface area contributed by atoms with Crippen LogP contribution < -0.4 is 5.32 Å². The average molecular weight is 563 g/mol. The Labute approximate surface area is 251 Å². The van der Waals surface area contributed by atoms with Crippen LogP contribution in [0.25, 0.3) is 11.1 Å². The first-order valence-corrected chi connectivity index (χ1v) is 16.4. The number of carbonyl (C=O) groups is 2. The lowest BCUT2D eigenvalue weighted by molar-refractivity contribution is -0.125. The van der Waals surface area contributed by atoms with Gasteiger partial charge in [-0.3, -0.25) is 9.59 Å². The van der Waals surface area contributed by atoms with Gasteiger partial charge in [0.25, 0.3) is 0 Å². The Kier molecular flexibility index (Phi) is 8.90. The van der Waals surface area contributed by atoms with Crippen molar-refractivity contribution >= 4 is 11.7 Å². The molecule has 1 atom stereocenters. The zero-order valence-electron chi connectivity index (χ0n) is 25.2. The Morgan fingerprint density at radius 3 is 2.14 bits per heavy atom. The van der Waals surface area contributed by atoms with Crippen molar-refractivity contribution in [2.75, 3.05) is 26.2 Å². The molecule has 220 valence electrons. The molecular formula is C38H46N2O2. The number of nitrogens with one attached hydrogen (secondary N) is 1. The number of ketones is 1. The minimum atomic E-state index is -0.601. The SMILES string of the molecule is CCCNC(=O)C1(CCCCCN2CCC(C3CCc4ccccc4C(=O)C3)CC2)c2ccccc2-c2ccccc21. The fourth-order valence-corrected chi connectivity index (χ4v) is 8.10. The van der Waals surface area contributed by atoms with Crippen molar-refractivity contribution in [1.29, 1.82) is 0 Å². The predicted molar refractivity (Wildman–Crippen MR) is 171 cm³/mol. The first kappa shape index (κ1) is 28.9. The van der Waals surface area contributed by atoms with Gasteiger partial charge >= 0.3 is 0 Å². The number of unbranched alkanes of at least 4 members (excludes halogenated alkanes) is 2. The molecule has 1 heterocycles. The number of aryl methyl sites for hydroxylation is 1. The van der Waals surface area contributed by atoms with Gasteiger partial charge in [0.15, 0.2) is 5.78 Å². The standard InChI is InChI=1S/C38H46N2O2/c1-2-23-39-37(42)38(34-16-8-6-14-32(34)33-15-7-9-17-35(33)38)22-10-3-11-24-40-25-20-28(21-26-40)30-19-18-29-12-4-5-13-31(29)36(41)27-30/h4-9,12-17,28,30H,2-3,10-11,18-27H2,1H3,(H,39,42). The molecule has 1 fully saturated rings. The van der Waals surface area contributed by atoms with E-state index >= 15 is 0 Å². The number of benzene rings is 3. The summed E-state index contributed by atoms with van der Waals surface area (Å²) in [6, 6.07) is 25.3. The smallest absolute Gasteiger partial charge is 0.235 e. The second-order valence-corrected chi connectivity index (χ2v) is 12.8. The highest BCUT2D eigenvalue weighted by atomic mass is 16.2. The molecule has 0 aromatic heterocycles. The summed E-state index contributed by atoms with van der Waals surface area (Å²) in [6.45, 7) is 6.24. The van der Waals surface area contributed by atoms with Crippen LogP contribution in [-0.2, 0) is 16.6 Å². The van der Waals surface area contributed by atoms with E-state index in [0.29, 0.717) is 24.2 Å². The lowest BCUT2D eigenvalue weighted by Gasteiger charge is -2.36. The monoisotopic (exact) mass is 562 g/mol. The first-order chi connectivity index (χ1) is 20.6. The van der Waals surface area contributed by atoms with Crippen LogP contribution in [0.4, 0.5) is 0 Å². The highest BCUT2D eigenvalue weighted by Gasteiger charge is 2.48. The van der Waals surface area contributed by atoms with E-state index in [2.05, 4.69) is 77.8 Å². The number of carbonyl (C=O) groups excluding carboxylic acids is 2. The highest BCUT2D eigenvalue weighted by molar-refractivity contribution is 6.00. The summed E-state index contributed by atoms with van der Waals surface area (Å²) < 4.78 is 0. The lowest BCUT2D eigenvalue weighted by Crippen LogP contribution is -2.44. The minimum absolute atomic E-state index is 0.156. The van der Waals surface area contributed by atoms with Crippen LogP contribution >= 0.6 is 0 Å². The van der Waals surface area contributed by atoms with Gasteiger partial charge < -0.3 is 10.2 Å². The maximum absolute atomic E-state index is 13.9. The van der Waals surface area contributed by atoms with Gasteiger partial charge in [0, 0.05) is 18.5 Å². The van der Waals surface area contributed by atoms with E-state index < -0.39 is 5.41 Å². The summed E-state index contributed by atoms with van der Waals surface area (Å²) in [7, 11) is 0. The van der Waals surface area contributed by atoms with Crippen molar-refractivity contribution < 1.29 is 9.59 Å². The van der Waals surface area contributed by atoms with Crippen LogP contribution in [0, 0.1) is 11.8 Å². The van der Waals surface area contributed by atoms with Gasteiger partial charge in [0.05, 0.1) is 0 Å². The molecule has 3 aromatic carbocycles. The molecule has 4 nitrogen and oxygen atoms in total. The van der Waals surface area contributed by atoms with E-state index in [9.17, 15) is 9.59 Å². The third-order valence-corrected chi connectivity index (χ3v) is 10.4. The Morgan fingerprint density at radius 1 is 0.810 bits per heavy atom. The van der Waals surface area contributed by atoms with Gasteiger partial charge in [0.1, 0.15) is 5.41 Å². The second kappa shape index (κ2) is 13.0. The third-order valence-electron chi connectivity index (χ3n) is 10.4. The molecule has 3 aromatic rings. The fourth-order valence-electron chi connectivity index (χ4n) is 8.10. The average Bonchev–Trinajstić information content (AvgIpc) is 3.21. The molecule has 1 aliphatic heterocycles. The van der Waals surface area contributed by atoms with Crippen molar-refractivity contribution in [3.8, 4) is 11.1 Å². The summed E-state index contributed by atoms with van der Waals surface area (Å²) in [5, 5.41) is 3.26. The molecule has 0 saturated carbocycles. The first-order valence-electron chi connectivity index (χ1n) is 16.4. The molecule has 3 aliphatic rings. The maximum atomic E-state index is 13.9. The summed E-state index contributed by atoms with van der Waals surface area (Å²) in [5.41, 5.74) is 6.37. The Morgan fingerprint density at radius 2 is 1.45 bits per heavy atom. The van der Waals surface area contributed by atoms with Crippen LogP contribution in [-0.4, -0.2) is 42.8 Å². The Balaban J connectivity index is 1.02. The molecule has 1 N–H and O–H groups in total. The molecule has 1 saturated heterocycles. The van der Waals surface area contributed by atoms with Crippen molar-refractivity contribution in [2.24, 2.45) is 11.8 Å². The van der Waals surface area contributed by atoms with Crippen molar-refractivity contribution in [3.05, 3.63) is 95.1 Å². The Hall–Kier alpha value is -3.24. The molecular weight excluding hydrogens is 516 g/mol. The molecule has 42 heavy (non-hydrogen) atoms. The number of likely N-dealkylation sites (tertiary alicyclic amines) is 1. The van der Waals surface area contributed by atoms with Gasteiger partial charge in [-0.2, -0.15) is 0 Å². The van der Waals surface area contributed by atoms with Crippen LogP contribution in [0.2, 0.25) is 0 Å². The number of amides is 1. The molecule has 0 spiro atoms. The van der Waals surface area contributed by atoms with Crippen LogP contribution in [0.5, 0.6) is 0 Å². The topological polar surface area (TPSA) is 49.4 Å². The number of rotatable bonds is 10. The molecule has 1 amide bonds. The summed E-state index contributed by atoms with van der Waals surface area (Å²) >= 11 is 0. The lowest BCUT2D eigenvalue weighted by atomic mass is 9.73. The van der Waals surface area contributed by atoms with Gasteiger partial charge in [-0.25, -0.2) is 0 Å². The highest BCUT2D eigenvalue weighted by Crippen LogP contribution is 2.51. The number of piperidine rings is 1. The normalized spacial score (nSPS) is 19.9. The zero-order chi connectivity index (χ0) is 28.9. The van der Waals surface area contributed by atoms with Crippen molar-refractivity contribution in [1.82, 2.24) is 10.2 Å². The zero-order valence-corrected chi connectivity index (χ0v) is 25.2. The van der Waals surface area contributed by atoms with Crippen LogP contribution in [0.3, 0.4) is 0 Å². The van der Waals surface area contributed by atoms with E-state index in [1.54, 1.807) is 0 Å². The summed E-state index contributed by atoms with van der Waals surface area (Å²) in [5.74, 6) is 1.70. The number of Topliss-reactive ketones (excluding diaryl/α,β-unsaturated/α-hetero) is 1. The van der Waals surface area contributed by atoms with Crippen molar-refractivity contribution in [2.45, 2.75) is 76.5 Å². The largest absolute Gasteiger partial charge is 0.355 e. The Bertz CT molecular complexity index is 1360. The number of hydrogen-bond acceptors (Lipinski definition) is 3. The second-order valence-electron chi connectivity index (χ2n) is 12.8. The fraction of sp³-hybridized carbons (Fsp3) is 0.474. The maximum Gasteiger partial charge on any atom is 0.235 e. The van der Waals surface area contributed by atoms with E-state index in [0.717, 1.165) is 76.6 Å². The van der Waals surface area contributed by atoms with Crippen molar-refractivity contribution in [3.63, 3.8) is 0 Å². The van der Waals surface area contributed by atoms with E-state index in [4.69, 9.17) is 0 Å². The summed E-state index contributed by atoms with van der Waals surface area (Å²) in [4.78, 5) is 29.5. The van der Waals surface area contributed by atoms with Gasteiger partial charge in [-0.1, -0.05) is 92.6 Å². The molecule has 0 radical (unpaired) electrons. The number of hydrogen-bond donors (Lipinski definition) is 1. The van der Waals surface area contributed by atoms with Gasteiger partial charge in [-0.05, 0) is 104 Å². The molecule has 1 unspecified atom stereocenters. The third kappa shape index (κ3) is 5.58. The molecule has 2 aliphatic carbocycles. The summed E-state index contributed by atoms with van der Waals surface area (Å²) in [6.07, 6.45) is 10.4. The van der Waals surface area contributed by atoms with E-state index in [-0.39, 0.29) is 5.91 Å². The van der Waals surface area contributed by atoms with Crippen LogP contribution in [0.15, 0.2) is 72.8 Å². The van der Waals surface area contributed by atoms with Gasteiger partial charge in [0.2, 0.25) is 5.91 Å². The quantitative estimate of drug-likeness (QED) is 0.205. The minimum Gasteiger partial charge on any atom is -0.355 e. The van der Waals surface area contributed by atoms with Gasteiger partial charge in [-0.15, -0.1) is 0 Å². The van der Waals surface area contributed by atoms with E-state index in [1.807, 2.05) is 12.1 Å². The molecule has 4 heteroatoms. The van der Waals surface area contributed by atoms with E-state index in [1.165, 1.54) is 40.7 Å². The number of fused-ring (bicyclic) bond motifs is 4. The van der Waals surface area contributed by atoms with Crippen LogP contribution in [0.1, 0.15) is 91.8 Å². The molecule has 6 rings (SSSR count).